The summed E-state index contributed by atoms with van der Waals surface area (Å²) in [4.78, 5) is 18.5. The van der Waals surface area contributed by atoms with Crippen molar-refractivity contribution in [3.63, 3.8) is 0 Å². The van der Waals surface area contributed by atoms with E-state index in [1.807, 2.05) is 35.2 Å². The maximum absolute atomic E-state index is 12.5. The van der Waals surface area contributed by atoms with E-state index in [-0.39, 0.29) is 5.91 Å². The second kappa shape index (κ2) is 6.39. The molecule has 1 aliphatic heterocycles. The molecule has 21 heavy (non-hydrogen) atoms. The number of piperidine rings is 1. The Hall–Kier alpha value is -2.36. The zero-order valence-electron chi connectivity index (χ0n) is 11.9. The third-order valence-electron chi connectivity index (χ3n) is 3.58. The van der Waals surface area contributed by atoms with Gasteiger partial charge in [0.25, 0.3) is 5.91 Å². The van der Waals surface area contributed by atoms with Gasteiger partial charge in [-0.1, -0.05) is 12.1 Å². The first-order chi connectivity index (χ1) is 10.3. The number of rotatable bonds is 3. The lowest BCUT2D eigenvalue weighted by molar-refractivity contribution is 0.0724. The molecule has 0 spiro atoms. The zero-order valence-corrected chi connectivity index (χ0v) is 11.9. The first-order valence-electron chi connectivity index (χ1n) is 7.31. The fraction of sp³-hybridized carbons (Fsp3) is 0.294. The molecule has 1 amide bonds. The summed E-state index contributed by atoms with van der Waals surface area (Å²) in [6, 6.07) is 12.8. The van der Waals surface area contributed by atoms with E-state index in [4.69, 9.17) is 4.74 Å². The summed E-state index contributed by atoms with van der Waals surface area (Å²) in [5.74, 6) is 1.25. The largest absolute Gasteiger partial charge is 0.439 e. The highest BCUT2D eigenvalue weighted by Crippen LogP contribution is 2.21. The molecule has 0 atom stereocenters. The minimum Gasteiger partial charge on any atom is -0.439 e. The summed E-state index contributed by atoms with van der Waals surface area (Å²) in [7, 11) is 0. The van der Waals surface area contributed by atoms with Gasteiger partial charge < -0.3 is 9.64 Å². The molecule has 1 aliphatic rings. The number of hydrogen-bond acceptors (Lipinski definition) is 3. The van der Waals surface area contributed by atoms with Gasteiger partial charge in [0.05, 0.1) is 0 Å². The molecule has 4 heteroatoms. The molecule has 1 aromatic heterocycles. The third-order valence-corrected chi connectivity index (χ3v) is 3.58. The molecule has 0 N–H and O–H groups in total. The fourth-order valence-corrected chi connectivity index (χ4v) is 2.50. The van der Waals surface area contributed by atoms with Crippen molar-refractivity contribution in [1.29, 1.82) is 0 Å². The number of nitrogens with zero attached hydrogens (tertiary/aromatic N) is 2. The first-order valence-corrected chi connectivity index (χ1v) is 7.31. The highest BCUT2D eigenvalue weighted by Gasteiger charge is 2.18. The SMILES string of the molecule is O=C(c1cccc(Oc2ccccn2)c1)N1CCCCC1. The Labute approximate surface area is 124 Å². The Balaban J connectivity index is 1.75. The van der Waals surface area contributed by atoms with E-state index in [0.717, 1.165) is 25.9 Å². The summed E-state index contributed by atoms with van der Waals surface area (Å²) < 4.78 is 5.67. The van der Waals surface area contributed by atoms with Gasteiger partial charge in [0.15, 0.2) is 0 Å². The topological polar surface area (TPSA) is 42.4 Å². The van der Waals surface area contributed by atoms with Crippen LogP contribution >= 0.6 is 0 Å². The molecule has 1 saturated heterocycles. The van der Waals surface area contributed by atoms with Gasteiger partial charge in [0.1, 0.15) is 5.75 Å². The number of likely N-dealkylation sites (tertiary alicyclic amines) is 1. The molecule has 3 rings (SSSR count). The number of benzene rings is 1. The Bertz CT molecular complexity index is 607. The van der Waals surface area contributed by atoms with Gasteiger partial charge in [-0.15, -0.1) is 0 Å². The molecule has 1 fully saturated rings. The maximum Gasteiger partial charge on any atom is 0.253 e. The number of carbonyl (C=O) groups is 1. The average Bonchev–Trinajstić information content (AvgIpc) is 2.56. The predicted octanol–water partition coefficient (Wildman–Crippen LogP) is 3.50. The number of carbonyl (C=O) groups excluding carboxylic acids is 1. The lowest BCUT2D eigenvalue weighted by Gasteiger charge is -2.26. The van der Waals surface area contributed by atoms with Crippen molar-refractivity contribution in [3.05, 3.63) is 54.2 Å². The molecule has 2 heterocycles. The third kappa shape index (κ3) is 3.40. The number of aromatic nitrogens is 1. The van der Waals surface area contributed by atoms with Crippen molar-refractivity contribution in [2.45, 2.75) is 19.3 Å². The Morgan fingerprint density at radius 3 is 2.67 bits per heavy atom. The van der Waals surface area contributed by atoms with Crippen LogP contribution < -0.4 is 4.74 Å². The van der Waals surface area contributed by atoms with Crippen molar-refractivity contribution in [3.8, 4) is 11.6 Å². The molecular formula is C17H18N2O2. The van der Waals surface area contributed by atoms with Gasteiger partial charge in [0, 0.05) is 30.9 Å². The van der Waals surface area contributed by atoms with Gasteiger partial charge in [-0.05, 0) is 43.5 Å². The second-order valence-electron chi connectivity index (χ2n) is 5.15. The molecule has 4 nitrogen and oxygen atoms in total. The molecule has 0 unspecified atom stereocenters. The monoisotopic (exact) mass is 282 g/mol. The Morgan fingerprint density at radius 1 is 1.05 bits per heavy atom. The van der Waals surface area contributed by atoms with Crippen LogP contribution in [0.2, 0.25) is 0 Å². The predicted molar refractivity (Wildman–Crippen MR) is 80.5 cm³/mol. The van der Waals surface area contributed by atoms with E-state index in [2.05, 4.69) is 4.98 Å². The molecule has 0 bridgehead atoms. The van der Waals surface area contributed by atoms with Crippen LogP contribution in [0.4, 0.5) is 0 Å². The van der Waals surface area contributed by atoms with Crippen molar-refractivity contribution < 1.29 is 9.53 Å². The maximum atomic E-state index is 12.5. The van der Waals surface area contributed by atoms with E-state index >= 15 is 0 Å². The van der Waals surface area contributed by atoms with E-state index < -0.39 is 0 Å². The van der Waals surface area contributed by atoms with Crippen LogP contribution in [0.3, 0.4) is 0 Å². The van der Waals surface area contributed by atoms with E-state index in [1.165, 1.54) is 6.42 Å². The number of pyridine rings is 1. The van der Waals surface area contributed by atoms with Crippen LogP contribution in [0.15, 0.2) is 48.7 Å². The lowest BCUT2D eigenvalue weighted by Crippen LogP contribution is -2.35. The van der Waals surface area contributed by atoms with Crippen LogP contribution in [-0.4, -0.2) is 28.9 Å². The van der Waals surface area contributed by atoms with Crippen molar-refractivity contribution >= 4 is 5.91 Å². The number of ether oxygens (including phenoxy) is 1. The van der Waals surface area contributed by atoms with E-state index in [0.29, 0.717) is 17.2 Å². The standard InChI is InChI=1S/C17H18N2O2/c20-17(19-11-4-1-5-12-19)14-7-6-8-15(13-14)21-16-9-2-3-10-18-16/h2-3,6-10,13H,1,4-5,11-12H2. The van der Waals surface area contributed by atoms with E-state index in [9.17, 15) is 4.79 Å². The van der Waals surface area contributed by atoms with E-state index in [1.54, 1.807) is 18.3 Å². The summed E-state index contributed by atoms with van der Waals surface area (Å²) in [6.07, 6.45) is 5.08. The van der Waals surface area contributed by atoms with Crippen molar-refractivity contribution in [1.82, 2.24) is 9.88 Å². The summed E-state index contributed by atoms with van der Waals surface area (Å²) in [5, 5.41) is 0. The number of amides is 1. The minimum atomic E-state index is 0.0844. The normalized spacial score (nSPS) is 14.8. The van der Waals surface area contributed by atoms with Gasteiger partial charge >= 0.3 is 0 Å². The molecule has 2 aromatic rings. The highest BCUT2D eigenvalue weighted by atomic mass is 16.5. The quantitative estimate of drug-likeness (QED) is 0.865. The average molecular weight is 282 g/mol. The van der Waals surface area contributed by atoms with Gasteiger partial charge in [-0.25, -0.2) is 4.98 Å². The Kier molecular flexibility index (Phi) is 4.15. The smallest absolute Gasteiger partial charge is 0.253 e. The van der Waals surface area contributed by atoms with Crippen molar-refractivity contribution in [2.75, 3.05) is 13.1 Å². The highest BCUT2D eigenvalue weighted by molar-refractivity contribution is 5.94. The van der Waals surface area contributed by atoms with Crippen LogP contribution in [0.1, 0.15) is 29.6 Å². The minimum absolute atomic E-state index is 0.0844. The van der Waals surface area contributed by atoms with Crippen LogP contribution in [0.25, 0.3) is 0 Å². The van der Waals surface area contributed by atoms with Crippen LogP contribution in [0.5, 0.6) is 11.6 Å². The summed E-state index contributed by atoms with van der Waals surface area (Å²) >= 11 is 0. The molecule has 108 valence electrons. The number of hydrogen-bond donors (Lipinski definition) is 0. The zero-order chi connectivity index (χ0) is 14.5. The molecule has 0 saturated carbocycles. The lowest BCUT2D eigenvalue weighted by atomic mass is 10.1. The van der Waals surface area contributed by atoms with Crippen molar-refractivity contribution in [2.24, 2.45) is 0 Å². The molecular weight excluding hydrogens is 264 g/mol. The summed E-state index contributed by atoms with van der Waals surface area (Å²) in [6.45, 7) is 1.70. The second-order valence-corrected chi connectivity index (χ2v) is 5.15. The first kappa shape index (κ1) is 13.6. The van der Waals surface area contributed by atoms with Crippen LogP contribution in [0, 0.1) is 0 Å². The van der Waals surface area contributed by atoms with Gasteiger partial charge in [-0.3, -0.25) is 4.79 Å². The van der Waals surface area contributed by atoms with Crippen LogP contribution in [-0.2, 0) is 0 Å². The molecule has 0 radical (unpaired) electrons. The van der Waals surface area contributed by atoms with Gasteiger partial charge in [-0.2, -0.15) is 0 Å². The molecule has 1 aromatic carbocycles. The fourth-order valence-electron chi connectivity index (χ4n) is 2.50. The Morgan fingerprint density at radius 2 is 1.90 bits per heavy atom. The molecule has 0 aliphatic carbocycles. The summed E-state index contributed by atoms with van der Waals surface area (Å²) in [5.41, 5.74) is 0.672. The van der Waals surface area contributed by atoms with Gasteiger partial charge in [0.2, 0.25) is 5.88 Å².